The van der Waals surface area contributed by atoms with Crippen LogP contribution in [0.3, 0.4) is 0 Å². The van der Waals surface area contributed by atoms with E-state index < -0.39 is 0 Å². The summed E-state index contributed by atoms with van der Waals surface area (Å²) in [6.07, 6.45) is 11.8. The minimum absolute atomic E-state index is 0.219. The number of rotatable bonds is 4. The van der Waals surface area contributed by atoms with Crippen molar-refractivity contribution in [2.24, 2.45) is 5.41 Å². The largest absolute Gasteiger partial charge is 0.335 e. The van der Waals surface area contributed by atoms with Crippen molar-refractivity contribution >= 4 is 45.2 Å². The van der Waals surface area contributed by atoms with Crippen molar-refractivity contribution in [3.63, 3.8) is 0 Å². The van der Waals surface area contributed by atoms with Crippen molar-refractivity contribution in [1.82, 2.24) is 0 Å². The molecule has 0 bridgehead atoms. The molecule has 0 unspecified atom stereocenters. The maximum atomic E-state index is 2.48. The van der Waals surface area contributed by atoms with Crippen LogP contribution in [0.25, 0.3) is 27.8 Å². The number of hydrogen-bond donors (Lipinski definition) is 0. The lowest BCUT2D eigenvalue weighted by atomic mass is 9.75. The van der Waals surface area contributed by atoms with E-state index in [-0.39, 0.29) is 5.41 Å². The number of thioether (sulfide) groups is 1. The zero-order valence-electron chi connectivity index (χ0n) is 23.2. The topological polar surface area (TPSA) is 7.12 Å². The van der Waals surface area contributed by atoms with Crippen LogP contribution >= 0.6 is 11.8 Å². The molecule has 1 aliphatic carbocycles. The van der Waals surface area contributed by atoms with Gasteiger partial charge in [0.05, 0.1) is 16.1 Å². The van der Waals surface area contributed by atoms with Crippen LogP contribution in [0, 0.1) is 12.3 Å². The number of aromatic nitrogens is 1. The van der Waals surface area contributed by atoms with E-state index in [9.17, 15) is 0 Å². The quantitative estimate of drug-likeness (QED) is 0.249. The van der Waals surface area contributed by atoms with Gasteiger partial charge in [0.25, 0.3) is 0 Å². The molecule has 0 atom stereocenters. The predicted molar refractivity (Wildman–Crippen MR) is 165 cm³/mol. The molecule has 0 saturated heterocycles. The Morgan fingerprint density at radius 2 is 1.79 bits per heavy atom. The average Bonchev–Trinajstić information content (AvgIpc) is 3.25. The van der Waals surface area contributed by atoms with Crippen LogP contribution in [-0.4, -0.2) is 6.54 Å². The number of hydrogen-bond acceptors (Lipinski definition) is 2. The van der Waals surface area contributed by atoms with E-state index in [1.54, 1.807) is 0 Å². The molecule has 2 nitrogen and oxygen atoms in total. The van der Waals surface area contributed by atoms with Crippen LogP contribution in [0.4, 0.5) is 5.69 Å². The van der Waals surface area contributed by atoms with Crippen molar-refractivity contribution in [3.8, 4) is 0 Å². The van der Waals surface area contributed by atoms with E-state index in [1.807, 2.05) is 11.8 Å². The standard InChI is InChI=1S/C35H37N2S/c1-6-36-17-16-28(30-18-24(3)12-14-31(30)36)20-25-19-26(23-35(4,5)22-25)21-33-37(7-2)32-15-13-27-10-8-9-11-29(27)34(32)38-33/h8-21H,6-7,22-23H2,1-5H3/q+1. The van der Waals surface area contributed by atoms with Gasteiger partial charge in [-0.15, -0.1) is 0 Å². The summed E-state index contributed by atoms with van der Waals surface area (Å²) in [4.78, 5) is 3.87. The third-order valence-corrected chi connectivity index (χ3v) is 9.05. The number of allylic oxidation sites excluding steroid dienone is 4. The van der Waals surface area contributed by atoms with Gasteiger partial charge < -0.3 is 4.90 Å². The summed E-state index contributed by atoms with van der Waals surface area (Å²) in [5.74, 6) is 0. The van der Waals surface area contributed by atoms with Gasteiger partial charge in [0.2, 0.25) is 5.52 Å². The number of pyridine rings is 1. The van der Waals surface area contributed by atoms with Crippen molar-refractivity contribution < 1.29 is 4.57 Å². The number of benzene rings is 3. The average molecular weight is 518 g/mol. The molecule has 38 heavy (non-hydrogen) atoms. The Balaban J connectivity index is 1.42. The van der Waals surface area contributed by atoms with Crippen molar-refractivity contribution in [2.75, 3.05) is 11.4 Å². The highest BCUT2D eigenvalue weighted by molar-refractivity contribution is 8.04. The molecule has 2 aliphatic rings. The summed E-state index contributed by atoms with van der Waals surface area (Å²) >= 11 is 1.93. The van der Waals surface area contributed by atoms with Crippen molar-refractivity contribution in [1.29, 1.82) is 0 Å². The Bertz CT molecular complexity index is 1650. The van der Waals surface area contributed by atoms with Crippen LogP contribution in [-0.2, 0) is 6.54 Å². The Hall–Kier alpha value is -3.30. The second-order valence-corrected chi connectivity index (χ2v) is 12.5. The molecule has 1 aromatic heterocycles. The Morgan fingerprint density at radius 3 is 2.61 bits per heavy atom. The number of aryl methyl sites for hydroxylation is 2. The fourth-order valence-electron chi connectivity index (χ4n) is 6.19. The normalized spacial score (nSPS) is 19.0. The van der Waals surface area contributed by atoms with Gasteiger partial charge in [-0.2, -0.15) is 4.57 Å². The first-order chi connectivity index (χ1) is 18.3. The van der Waals surface area contributed by atoms with Crippen LogP contribution in [0.2, 0.25) is 0 Å². The van der Waals surface area contributed by atoms with Crippen molar-refractivity contribution in [2.45, 2.75) is 58.9 Å². The highest BCUT2D eigenvalue weighted by Gasteiger charge is 2.29. The molecule has 4 aromatic rings. The molecule has 0 radical (unpaired) electrons. The van der Waals surface area contributed by atoms with Crippen LogP contribution in [0.15, 0.2) is 100 Å². The third-order valence-electron chi connectivity index (χ3n) is 7.87. The summed E-state index contributed by atoms with van der Waals surface area (Å²) in [5.41, 5.74) is 8.32. The summed E-state index contributed by atoms with van der Waals surface area (Å²) < 4.78 is 2.34. The summed E-state index contributed by atoms with van der Waals surface area (Å²) in [5, 5.41) is 5.34. The summed E-state index contributed by atoms with van der Waals surface area (Å²) in [7, 11) is 0. The van der Waals surface area contributed by atoms with E-state index in [1.165, 1.54) is 59.6 Å². The van der Waals surface area contributed by atoms with E-state index in [0.29, 0.717) is 0 Å². The molecule has 1 aliphatic heterocycles. The molecule has 0 saturated carbocycles. The lowest BCUT2D eigenvalue weighted by molar-refractivity contribution is -0.667. The Labute approximate surface area is 231 Å². The summed E-state index contributed by atoms with van der Waals surface area (Å²) in [6, 6.07) is 22.4. The number of fused-ring (bicyclic) bond motifs is 4. The minimum Gasteiger partial charge on any atom is -0.335 e. The molecule has 0 N–H and O–H groups in total. The second kappa shape index (κ2) is 9.78. The fourth-order valence-corrected chi connectivity index (χ4v) is 7.52. The smallest absolute Gasteiger partial charge is 0.213 e. The van der Waals surface area contributed by atoms with Gasteiger partial charge in [-0.1, -0.05) is 79.7 Å². The van der Waals surface area contributed by atoms with Gasteiger partial charge in [0, 0.05) is 23.6 Å². The summed E-state index contributed by atoms with van der Waals surface area (Å²) in [6.45, 7) is 13.4. The minimum atomic E-state index is 0.219. The second-order valence-electron chi connectivity index (χ2n) is 11.5. The molecule has 2 heterocycles. The molecule has 0 amide bonds. The molecular formula is C35H37N2S+. The lowest BCUT2D eigenvalue weighted by Crippen LogP contribution is -2.32. The van der Waals surface area contributed by atoms with Gasteiger partial charge >= 0.3 is 0 Å². The molecule has 3 aromatic carbocycles. The van der Waals surface area contributed by atoms with E-state index in [2.05, 4.69) is 129 Å². The maximum Gasteiger partial charge on any atom is 0.213 e. The van der Waals surface area contributed by atoms with E-state index in [4.69, 9.17) is 0 Å². The highest BCUT2D eigenvalue weighted by Crippen LogP contribution is 2.50. The van der Waals surface area contributed by atoms with Crippen molar-refractivity contribution in [3.05, 3.63) is 106 Å². The van der Waals surface area contributed by atoms with Gasteiger partial charge in [-0.25, -0.2) is 0 Å². The fraction of sp³-hybridized carbons (Fsp3) is 0.286. The van der Waals surface area contributed by atoms with Gasteiger partial charge in [-0.05, 0) is 84.7 Å². The van der Waals surface area contributed by atoms with Gasteiger partial charge in [-0.3, -0.25) is 0 Å². The third kappa shape index (κ3) is 4.58. The van der Waals surface area contributed by atoms with Crippen LogP contribution in [0.5, 0.6) is 0 Å². The molecule has 6 rings (SSSR count). The zero-order valence-corrected chi connectivity index (χ0v) is 24.0. The first-order valence-corrected chi connectivity index (χ1v) is 14.7. The van der Waals surface area contributed by atoms with Gasteiger partial charge in [0.15, 0.2) is 6.20 Å². The first-order valence-electron chi connectivity index (χ1n) is 13.9. The van der Waals surface area contributed by atoms with E-state index >= 15 is 0 Å². The molecular weight excluding hydrogens is 480 g/mol. The highest BCUT2D eigenvalue weighted by atomic mass is 32.2. The number of nitrogens with zero attached hydrogens (tertiary/aromatic N) is 2. The molecule has 0 spiro atoms. The molecule has 0 fully saturated rings. The lowest BCUT2D eigenvalue weighted by Gasteiger charge is -2.31. The SMILES string of the molecule is CCN1/C(=C/C2=CC(=C/c3cc[n+](CC)c4ccc(C)cc34)/CC(C)(C)C2)Sc2c1ccc1ccccc21. The van der Waals surface area contributed by atoms with Crippen LogP contribution in [0.1, 0.15) is 51.7 Å². The van der Waals surface area contributed by atoms with Gasteiger partial charge in [0.1, 0.15) is 6.54 Å². The number of anilines is 1. The van der Waals surface area contributed by atoms with E-state index in [0.717, 1.165) is 25.9 Å². The Morgan fingerprint density at radius 1 is 0.947 bits per heavy atom. The maximum absolute atomic E-state index is 2.48. The Kier molecular flexibility index (Phi) is 6.44. The monoisotopic (exact) mass is 517 g/mol. The first kappa shape index (κ1) is 25.0. The zero-order chi connectivity index (χ0) is 26.4. The van der Waals surface area contributed by atoms with Crippen LogP contribution < -0.4 is 9.47 Å². The molecule has 3 heteroatoms. The molecule has 192 valence electrons. The predicted octanol–water partition coefficient (Wildman–Crippen LogP) is 9.21.